The summed E-state index contributed by atoms with van der Waals surface area (Å²) in [6.45, 7) is 0.654. The number of anilines is 1. The van der Waals surface area contributed by atoms with Crippen molar-refractivity contribution in [1.82, 2.24) is 10.3 Å². The van der Waals surface area contributed by atoms with Crippen LogP contribution in [0.15, 0.2) is 48.7 Å². The molecule has 0 unspecified atom stereocenters. The van der Waals surface area contributed by atoms with Crippen molar-refractivity contribution in [2.24, 2.45) is 0 Å². The summed E-state index contributed by atoms with van der Waals surface area (Å²) < 4.78 is 0. The molecule has 0 saturated carbocycles. The number of hydrogen-bond acceptors (Lipinski definition) is 3. The number of carbonyl (C=O) groups is 1. The first-order valence-corrected chi connectivity index (χ1v) is 7.12. The van der Waals surface area contributed by atoms with Crippen molar-refractivity contribution >= 4 is 11.6 Å². The predicted octanol–water partition coefficient (Wildman–Crippen LogP) is 2.51. The molecule has 2 rings (SSSR count). The lowest BCUT2D eigenvalue weighted by Gasteiger charge is -2.13. The predicted molar refractivity (Wildman–Crippen MR) is 85.7 cm³/mol. The van der Waals surface area contributed by atoms with E-state index in [9.17, 15) is 4.79 Å². The molecule has 110 valence electrons. The summed E-state index contributed by atoms with van der Waals surface area (Å²) in [4.78, 5) is 18.3. The highest BCUT2D eigenvalue weighted by molar-refractivity contribution is 5.95. The van der Waals surface area contributed by atoms with E-state index in [0.29, 0.717) is 12.1 Å². The van der Waals surface area contributed by atoms with Crippen LogP contribution in [-0.4, -0.2) is 31.5 Å². The quantitative estimate of drug-likeness (QED) is 0.829. The maximum absolute atomic E-state index is 12.1. The number of benzene rings is 1. The first-order chi connectivity index (χ1) is 10.2. The molecule has 1 amide bonds. The lowest BCUT2D eigenvalue weighted by Crippen LogP contribution is -2.25. The third-order valence-electron chi connectivity index (χ3n) is 3.25. The molecule has 1 N–H and O–H groups in total. The van der Waals surface area contributed by atoms with Gasteiger partial charge in [-0.05, 0) is 43.2 Å². The Balaban J connectivity index is 1.81. The zero-order valence-electron chi connectivity index (χ0n) is 12.5. The SMILES string of the molecule is CN(C)c1cccc(C(=O)NCCCc2ccccn2)c1. The first-order valence-electron chi connectivity index (χ1n) is 7.12. The van der Waals surface area contributed by atoms with Crippen molar-refractivity contribution in [2.45, 2.75) is 12.8 Å². The number of hydrogen-bond donors (Lipinski definition) is 1. The highest BCUT2D eigenvalue weighted by Crippen LogP contribution is 2.13. The van der Waals surface area contributed by atoms with E-state index in [2.05, 4.69) is 10.3 Å². The molecule has 0 aliphatic rings. The Morgan fingerprint density at radius 2 is 2.05 bits per heavy atom. The standard InChI is InChI=1S/C17H21N3O/c1-20(2)16-10-5-7-14(13-16)17(21)19-12-6-9-15-8-3-4-11-18-15/h3-5,7-8,10-11,13H,6,9,12H2,1-2H3,(H,19,21). The molecular formula is C17H21N3O. The third kappa shape index (κ3) is 4.60. The highest BCUT2D eigenvalue weighted by Gasteiger charge is 2.06. The van der Waals surface area contributed by atoms with Crippen LogP contribution in [0.5, 0.6) is 0 Å². The number of nitrogens with zero attached hydrogens (tertiary/aromatic N) is 2. The van der Waals surface area contributed by atoms with Crippen LogP contribution in [0.2, 0.25) is 0 Å². The first kappa shape index (κ1) is 15.0. The number of amides is 1. The van der Waals surface area contributed by atoms with Gasteiger partial charge in [0.25, 0.3) is 5.91 Å². The highest BCUT2D eigenvalue weighted by atomic mass is 16.1. The minimum absolute atomic E-state index is 0.0280. The van der Waals surface area contributed by atoms with Gasteiger partial charge < -0.3 is 10.2 Å². The molecule has 1 heterocycles. The van der Waals surface area contributed by atoms with Gasteiger partial charge in [-0.15, -0.1) is 0 Å². The van der Waals surface area contributed by atoms with Crippen molar-refractivity contribution < 1.29 is 4.79 Å². The van der Waals surface area contributed by atoms with E-state index in [1.54, 1.807) is 6.20 Å². The normalized spacial score (nSPS) is 10.2. The minimum Gasteiger partial charge on any atom is -0.378 e. The fourth-order valence-corrected chi connectivity index (χ4v) is 2.04. The third-order valence-corrected chi connectivity index (χ3v) is 3.25. The average Bonchev–Trinajstić information content (AvgIpc) is 2.52. The molecule has 4 heteroatoms. The fourth-order valence-electron chi connectivity index (χ4n) is 2.04. The summed E-state index contributed by atoms with van der Waals surface area (Å²) in [5.74, 6) is -0.0280. The summed E-state index contributed by atoms with van der Waals surface area (Å²) in [6, 6.07) is 13.5. The Hall–Kier alpha value is -2.36. The van der Waals surface area contributed by atoms with Crippen molar-refractivity contribution in [2.75, 3.05) is 25.5 Å². The molecule has 0 atom stereocenters. The molecule has 0 saturated heterocycles. The zero-order chi connectivity index (χ0) is 15.1. The second-order valence-electron chi connectivity index (χ2n) is 5.13. The van der Waals surface area contributed by atoms with Crippen LogP contribution in [0.1, 0.15) is 22.5 Å². The second-order valence-corrected chi connectivity index (χ2v) is 5.13. The van der Waals surface area contributed by atoms with Gasteiger partial charge in [0.2, 0.25) is 0 Å². The van der Waals surface area contributed by atoms with E-state index < -0.39 is 0 Å². The van der Waals surface area contributed by atoms with Gasteiger partial charge in [-0.2, -0.15) is 0 Å². The van der Waals surface area contributed by atoms with Crippen LogP contribution >= 0.6 is 0 Å². The monoisotopic (exact) mass is 283 g/mol. The van der Waals surface area contributed by atoms with Gasteiger partial charge in [0.1, 0.15) is 0 Å². The maximum atomic E-state index is 12.1. The molecule has 0 aliphatic carbocycles. The summed E-state index contributed by atoms with van der Waals surface area (Å²) >= 11 is 0. The number of nitrogens with one attached hydrogen (secondary N) is 1. The van der Waals surface area contributed by atoms with Gasteiger partial charge in [0.05, 0.1) is 0 Å². The minimum atomic E-state index is -0.0280. The van der Waals surface area contributed by atoms with E-state index in [1.807, 2.05) is 61.5 Å². The van der Waals surface area contributed by atoms with E-state index in [-0.39, 0.29) is 5.91 Å². The van der Waals surface area contributed by atoms with Crippen LogP contribution in [0, 0.1) is 0 Å². The van der Waals surface area contributed by atoms with Crippen molar-refractivity contribution in [1.29, 1.82) is 0 Å². The van der Waals surface area contributed by atoms with Gasteiger partial charge in [0.15, 0.2) is 0 Å². The molecule has 21 heavy (non-hydrogen) atoms. The Labute approximate surface area is 125 Å². The van der Waals surface area contributed by atoms with Crippen molar-refractivity contribution in [3.8, 4) is 0 Å². The van der Waals surface area contributed by atoms with Crippen molar-refractivity contribution in [3.05, 3.63) is 59.9 Å². The van der Waals surface area contributed by atoms with Gasteiger partial charge >= 0.3 is 0 Å². The Morgan fingerprint density at radius 1 is 1.19 bits per heavy atom. The van der Waals surface area contributed by atoms with Crippen LogP contribution in [0.3, 0.4) is 0 Å². The molecule has 0 bridgehead atoms. The lowest BCUT2D eigenvalue weighted by molar-refractivity contribution is 0.0953. The van der Waals surface area contributed by atoms with Crippen molar-refractivity contribution in [3.63, 3.8) is 0 Å². The largest absolute Gasteiger partial charge is 0.378 e. The van der Waals surface area contributed by atoms with Crippen LogP contribution in [0.4, 0.5) is 5.69 Å². The topological polar surface area (TPSA) is 45.2 Å². The molecule has 0 radical (unpaired) electrons. The van der Waals surface area contributed by atoms with Crippen LogP contribution in [0.25, 0.3) is 0 Å². The maximum Gasteiger partial charge on any atom is 0.251 e. The molecule has 2 aromatic rings. The summed E-state index contributed by atoms with van der Waals surface area (Å²) in [6.07, 6.45) is 3.55. The number of carbonyl (C=O) groups excluding carboxylic acids is 1. The Kier molecular flexibility index (Phi) is 5.32. The average molecular weight is 283 g/mol. The second kappa shape index (κ2) is 7.43. The van der Waals surface area contributed by atoms with Crippen LogP contribution in [-0.2, 0) is 6.42 Å². The van der Waals surface area contributed by atoms with E-state index in [1.165, 1.54) is 0 Å². The van der Waals surface area contributed by atoms with Gasteiger partial charge in [-0.1, -0.05) is 12.1 Å². The molecule has 1 aromatic heterocycles. The summed E-state index contributed by atoms with van der Waals surface area (Å²) in [7, 11) is 3.92. The zero-order valence-corrected chi connectivity index (χ0v) is 12.5. The fraction of sp³-hybridized carbons (Fsp3) is 0.294. The molecule has 0 aliphatic heterocycles. The molecule has 0 fully saturated rings. The van der Waals surface area contributed by atoms with E-state index in [4.69, 9.17) is 0 Å². The number of rotatable bonds is 6. The lowest BCUT2D eigenvalue weighted by atomic mass is 10.1. The summed E-state index contributed by atoms with van der Waals surface area (Å²) in [5.41, 5.74) is 2.77. The Bertz CT molecular complexity index is 582. The van der Waals surface area contributed by atoms with Gasteiger partial charge in [0, 0.05) is 43.8 Å². The smallest absolute Gasteiger partial charge is 0.251 e. The molecule has 1 aromatic carbocycles. The molecule has 4 nitrogen and oxygen atoms in total. The number of pyridine rings is 1. The molecule has 0 spiro atoms. The number of aryl methyl sites for hydroxylation is 1. The van der Waals surface area contributed by atoms with Gasteiger partial charge in [-0.3, -0.25) is 9.78 Å². The number of aromatic nitrogens is 1. The summed E-state index contributed by atoms with van der Waals surface area (Å²) in [5, 5.41) is 2.95. The van der Waals surface area contributed by atoms with E-state index in [0.717, 1.165) is 24.2 Å². The van der Waals surface area contributed by atoms with Crippen LogP contribution < -0.4 is 10.2 Å². The molecular weight excluding hydrogens is 262 g/mol. The van der Waals surface area contributed by atoms with E-state index >= 15 is 0 Å². The Morgan fingerprint density at radius 3 is 2.76 bits per heavy atom. The van der Waals surface area contributed by atoms with Gasteiger partial charge in [-0.25, -0.2) is 0 Å².